The van der Waals surface area contributed by atoms with Gasteiger partial charge in [0.1, 0.15) is 11.5 Å². The van der Waals surface area contributed by atoms with Gasteiger partial charge < -0.3 is 19.1 Å². The van der Waals surface area contributed by atoms with E-state index in [4.69, 9.17) is 14.2 Å². The second kappa shape index (κ2) is 14.4. The predicted octanol–water partition coefficient (Wildman–Crippen LogP) is 6.02. The Kier molecular flexibility index (Phi) is 9.88. The Hall–Kier alpha value is -4.37. The summed E-state index contributed by atoms with van der Waals surface area (Å²) >= 11 is 0. The maximum atomic E-state index is 13.3. The van der Waals surface area contributed by atoms with Gasteiger partial charge in [0.2, 0.25) is 0 Å². The number of ketones is 1. The van der Waals surface area contributed by atoms with Crippen LogP contribution in [0, 0.1) is 0 Å². The molecule has 1 amide bonds. The standard InChI is InChI=1S/C36H41N5O5/c1-44-33-15-11-28(35(19-33)45-2)20-40(32-17-26-5-3-4-6-27(26)18-32)21-29(38-39-37)12-16-34(42)24-7-9-25(10-8-24)36(43)41-30-13-14-31(41)23-46-22-30/h3-11,15,19,29-32H,12-14,16-18,20-23H2,1-2H3. The molecule has 6 rings (SSSR count). The molecule has 240 valence electrons. The number of fused-ring (bicyclic) bond motifs is 3. The Morgan fingerprint density at radius 3 is 2.28 bits per heavy atom. The molecule has 10 heteroatoms. The van der Waals surface area contributed by atoms with Gasteiger partial charge in [0, 0.05) is 53.2 Å². The van der Waals surface area contributed by atoms with Crippen molar-refractivity contribution in [2.75, 3.05) is 34.0 Å². The molecule has 3 atom stereocenters. The lowest BCUT2D eigenvalue weighted by Gasteiger charge is -2.34. The van der Waals surface area contributed by atoms with Gasteiger partial charge >= 0.3 is 0 Å². The van der Waals surface area contributed by atoms with Gasteiger partial charge in [-0.25, -0.2) is 0 Å². The topological polar surface area (TPSA) is 117 Å². The molecule has 0 radical (unpaired) electrons. The van der Waals surface area contributed by atoms with E-state index in [0.29, 0.717) is 43.9 Å². The van der Waals surface area contributed by atoms with Crippen molar-refractivity contribution >= 4 is 11.7 Å². The number of Topliss-reactive ketones (excluding diaryl/α,β-unsaturated/α-hetero) is 1. The van der Waals surface area contributed by atoms with E-state index in [9.17, 15) is 15.1 Å². The summed E-state index contributed by atoms with van der Waals surface area (Å²) in [5.41, 5.74) is 14.3. The molecule has 2 saturated heterocycles. The first kappa shape index (κ1) is 31.6. The number of methoxy groups -OCH3 is 2. The van der Waals surface area contributed by atoms with Crippen molar-refractivity contribution in [3.05, 3.63) is 105 Å². The van der Waals surface area contributed by atoms with Gasteiger partial charge in [-0.15, -0.1) is 0 Å². The molecule has 0 spiro atoms. The lowest BCUT2D eigenvalue weighted by molar-refractivity contribution is -0.00716. The maximum Gasteiger partial charge on any atom is 0.254 e. The highest BCUT2D eigenvalue weighted by Gasteiger charge is 2.40. The highest BCUT2D eigenvalue weighted by Crippen LogP contribution is 2.32. The van der Waals surface area contributed by atoms with Gasteiger partial charge in [0.15, 0.2) is 5.78 Å². The minimum Gasteiger partial charge on any atom is -0.497 e. The largest absolute Gasteiger partial charge is 0.497 e. The first-order valence-corrected chi connectivity index (χ1v) is 16.1. The maximum absolute atomic E-state index is 13.3. The molecule has 10 nitrogen and oxygen atoms in total. The number of hydrogen-bond donors (Lipinski definition) is 0. The fraction of sp³-hybridized carbons (Fsp3) is 0.444. The molecule has 2 heterocycles. The summed E-state index contributed by atoms with van der Waals surface area (Å²) in [6, 6.07) is 21.3. The molecule has 0 saturated carbocycles. The molecule has 3 unspecified atom stereocenters. The summed E-state index contributed by atoms with van der Waals surface area (Å²) in [5.74, 6) is 1.41. The summed E-state index contributed by atoms with van der Waals surface area (Å²) in [6.07, 6.45) is 4.38. The summed E-state index contributed by atoms with van der Waals surface area (Å²) in [6.45, 7) is 2.27. The number of nitrogens with zero attached hydrogens (tertiary/aromatic N) is 5. The van der Waals surface area contributed by atoms with Crippen LogP contribution >= 0.6 is 0 Å². The number of carbonyl (C=O) groups is 2. The number of hydrogen-bond acceptors (Lipinski definition) is 7. The van der Waals surface area contributed by atoms with Crippen LogP contribution in [0.5, 0.6) is 11.5 Å². The molecule has 46 heavy (non-hydrogen) atoms. The average Bonchev–Trinajstić information content (AvgIpc) is 3.63. The van der Waals surface area contributed by atoms with E-state index in [2.05, 4.69) is 39.2 Å². The Morgan fingerprint density at radius 1 is 0.978 bits per heavy atom. The smallest absolute Gasteiger partial charge is 0.254 e. The van der Waals surface area contributed by atoms with E-state index < -0.39 is 6.04 Å². The van der Waals surface area contributed by atoms with Crippen LogP contribution in [0.1, 0.15) is 63.1 Å². The number of rotatable bonds is 13. The van der Waals surface area contributed by atoms with E-state index in [1.165, 1.54) is 11.1 Å². The summed E-state index contributed by atoms with van der Waals surface area (Å²) in [4.78, 5) is 34.0. The first-order chi connectivity index (χ1) is 22.5. The molecule has 2 aliphatic heterocycles. The summed E-state index contributed by atoms with van der Waals surface area (Å²) in [7, 11) is 3.28. The average molecular weight is 624 g/mol. The van der Waals surface area contributed by atoms with Crippen molar-refractivity contribution < 1.29 is 23.8 Å². The van der Waals surface area contributed by atoms with Gasteiger partial charge in [-0.2, -0.15) is 0 Å². The van der Waals surface area contributed by atoms with E-state index in [1.807, 2.05) is 23.1 Å². The highest BCUT2D eigenvalue weighted by molar-refractivity contribution is 5.99. The quantitative estimate of drug-likeness (QED) is 0.0995. The molecular formula is C36H41N5O5. The van der Waals surface area contributed by atoms with Gasteiger partial charge in [0.05, 0.1) is 45.6 Å². The van der Waals surface area contributed by atoms with Crippen LogP contribution < -0.4 is 9.47 Å². The van der Waals surface area contributed by atoms with Crippen LogP contribution in [-0.4, -0.2) is 79.6 Å². The van der Waals surface area contributed by atoms with E-state index in [-0.39, 0.29) is 36.2 Å². The van der Waals surface area contributed by atoms with Crippen molar-refractivity contribution in [3.63, 3.8) is 0 Å². The number of amides is 1. The van der Waals surface area contributed by atoms with Crippen molar-refractivity contribution in [2.45, 2.75) is 69.2 Å². The molecule has 2 fully saturated rings. The van der Waals surface area contributed by atoms with Crippen molar-refractivity contribution in [2.24, 2.45) is 5.11 Å². The van der Waals surface area contributed by atoms with Crippen LogP contribution in [0.3, 0.4) is 0 Å². The molecule has 3 aliphatic rings. The number of carbonyl (C=O) groups excluding carboxylic acids is 2. The lowest BCUT2D eigenvalue weighted by Crippen LogP contribution is -2.49. The number of azide groups is 1. The molecule has 3 aromatic rings. The SMILES string of the molecule is COc1ccc(CN(CC(CCC(=O)c2ccc(C(=O)N3C4CCC3COC4)cc2)N=[N+]=[N-])C2Cc3ccccc3C2)c(OC)c1. The minimum absolute atomic E-state index is 0.000802. The zero-order valence-corrected chi connectivity index (χ0v) is 26.5. The van der Waals surface area contributed by atoms with E-state index in [0.717, 1.165) is 42.7 Å². The highest BCUT2D eigenvalue weighted by atomic mass is 16.5. The van der Waals surface area contributed by atoms with Crippen LogP contribution in [0.4, 0.5) is 0 Å². The van der Waals surface area contributed by atoms with Crippen molar-refractivity contribution in [3.8, 4) is 11.5 Å². The molecule has 0 aromatic heterocycles. The third-order valence-electron chi connectivity index (χ3n) is 9.71. The van der Waals surface area contributed by atoms with E-state index >= 15 is 0 Å². The number of benzene rings is 3. The van der Waals surface area contributed by atoms with Crippen LogP contribution in [-0.2, 0) is 24.1 Å². The molecule has 1 aliphatic carbocycles. The third kappa shape index (κ3) is 6.89. The second-order valence-electron chi connectivity index (χ2n) is 12.5. The normalized spacial score (nSPS) is 19.4. The van der Waals surface area contributed by atoms with Gasteiger partial charge in [-0.1, -0.05) is 47.6 Å². The first-order valence-electron chi connectivity index (χ1n) is 16.1. The van der Waals surface area contributed by atoms with Gasteiger partial charge in [-0.3, -0.25) is 14.5 Å². The van der Waals surface area contributed by atoms with Gasteiger partial charge in [0.25, 0.3) is 5.91 Å². The molecular weight excluding hydrogens is 582 g/mol. The van der Waals surface area contributed by atoms with E-state index in [1.54, 1.807) is 38.5 Å². The van der Waals surface area contributed by atoms with Crippen molar-refractivity contribution in [1.29, 1.82) is 0 Å². The fourth-order valence-corrected chi connectivity index (χ4v) is 7.22. The Morgan fingerprint density at radius 2 is 1.65 bits per heavy atom. The van der Waals surface area contributed by atoms with Crippen LogP contribution in [0.15, 0.2) is 71.8 Å². The predicted molar refractivity (Wildman–Crippen MR) is 174 cm³/mol. The minimum atomic E-state index is -0.403. The monoisotopic (exact) mass is 623 g/mol. The summed E-state index contributed by atoms with van der Waals surface area (Å²) in [5, 5.41) is 4.15. The number of ether oxygens (including phenoxy) is 3. The van der Waals surface area contributed by atoms with Crippen LogP contribution in [0.2, 0.25) is 0 Å². The Bertz CT molecular complexity index is 1560. The third-order valence-corrected chi connectivity index (χ3v) is 9.71. The number of morpholine rings is 1. The Balaban J connectivity index is 1.13. The fourth-order valence-electron chi connectivity index (χ4n) is 7.22. The van der Waals surface area contributed by atoms with Gasteiger partial charge in [-0.05, 0) is 67.0 Å². The zero-order valence-electron chi connectivity index (χ0n) is 26.5. The molecule has 2 bridgehead atoms. The second-order valence-corrected chi connectivity index (χ2v) is 12.5. The van der Waals surface area contributed by atoms with Crippen LogP contribution in [0.25, 0.3) is 10.4 Å². The molecule has 0 N–H and O–H groups in total. The summed E-state index contributed by atoms with van der Waals surface area (Å²) < 4.78 is 16.7. The van der Waals surface area contributed by atoms with Crippen molar-refractivity contribution in [1.82, 2.24) is 9.80 Å². The zero-order chi connectivity index (χ0) is 32.0. The Labute approximate surface area is 269 Å². The lowest BCUT2D eigenvalue weighted by atomic mass is 10.0. The molecule has 3 aromatic carbocycles.